The number of nitrogens with one attached hydrogen (secondary N) is 1. The monoisotopic (exact) mass is 403 g/mol. The maximum atomic E-state index is 14.1. The second-order valence-electron chi connectivity index (χ2n) is 4.33. The lowest BCUT2D eigenvalue weighted by atomic mass is 9.98. The summed E-state index contributed by atoms with van der Waals surface area (Å²) in [6, 6.07) is 9.19. The molecule has 5 heteroatoms. The van der Waals surface area contributed by atoms with E-state index in [1.54, 1.807) is 24.3 Å². The van der Waals surface area contributed by atoms with Crippen LogP contribution in [-0.4, -0.2) is 6.54 Å². The van der Waals surface area contributed by atoms with E-state index < -0.39 is 0 Å². The fourth-order valence-electron chi connectivity index (χ4n) is 2.04. The number of hydrogen-bond donors (Lipinski definition) is 1. The molecule has 2 aromatic rings. The molecular weight excluding hydrogens is 392 g/mol. The molecule has 0 fully saturated rings. The fourth-order valence-corrected chi connectivity index (χ4v) is 2.81. The zero-order valence-corrected chi connectivity index (χ0v) is 13.9. The molecule has 0 radical (unpaired) electrons. The van der Waals surface area contributed by atoms with E-state index in [0.29, 0.717) is 16.6 Å². The van der Waals surface area contributed by atoms with E-state index in [1.165, 1.54) is 12.1 Å². The number of benzene rings is 2. The Balaban J connectivity index is 2.49. The molecule has 0 aliphatic heterocycles. The van der Waals surface area contributed by atoms with Crippen LogP contribution in [0.4, 0.5) is 8.78 Å². The smallest absolute Gasteiger partial charge is 0.137 e. The van der Waals surface area contributed by atoms with Gasteiger partial charge in [0.05, 0.1) is 10.5 Å². The standard InChI is InChI=1S/C15H13Br2F2N/c1-2-20-15(9-3-5-14(19)12(17)7-9)11-8-10(16)4-6-13(11)18/h3-8,15,20H,2H2,1H3. The highest BCUT2D eigenvalue weighted by molar-refractivity contribution is 9.10. The summed E-state index contributed by atoms with van der Waals surface area (Å²) in [6.07, 6.45) is 0. The molecule has 1 unspecified atom stereocenters. The van der Waals surface area contributed by atoms with Crippen LogP contribution in [0, 0.1) is 11.6 Å². The van der Waals surface area contributed by atoms with Crippen molar-refractivity contribution in [2.75, 3.05) is 6.54 Å². The Morgan fingerprint density at radius 3 is 2.40 bits per heavy atom. The average molecular weight is 405 g/mol. The summed E-state index contributed by atoms with van der Waals surface area (Å²) in [6.45, 7) is 2.62. The third kappa shape index (κ3) is 3.45. The van der Waals surface area contributed by atoms with Crippen LogP contribution in [0.3, 0.4) is 0 Å². The zero-order valence-electron chi connectivity index (χ0n) is 10.8. The fraction of sp³-hybridized carbons (Fsp3) is 0.200. The molecular formula is C15H13Br2F2N. The van der Waals surface area contributed by atoms with E-state index in [0.717, 1.165) is 10.0 Å². The van der Waals surface area contributed by atoms with Crippen molar-refractivity contribution in [3.05, 3.63) is 68.1 Å². The first kappa shape index (κ1) is 15.6. The first-order valence-corrected chi connectivity index (χ1v) is 7.74. The minimum absolute atomic E-state index is 0.292. The van der Waals surface area contributed by atoms with Gasteiger partial charge in [-0.05, 0) is 58.4 Å². The molecule has 2 aromatic carbocycles. The zero-order chi connectivity index (χ0) is 14.7. The summed E-state index contributed by atoms with van der Waals surface area (Å²) >= 11 is 6.52. The molecule has 0 aromatic heterocycles. The third-order valence-corrected chi connectivity index (χ3v) is 4.06. The third-order valence-electron chi connectivity index (χ3n) is 2.95. The van der Waals surface area contributed by atoms with E-state index in [9.17, 15) is 8.78 Å². The van der Waals surface area contributed by atoms with Gasteiger partial charge < -0.3 is 5.32 Å². The van der Waals surface area contributed by atoms with Gasteiger partial charge in [0.2, 0.25) is 0 Å². The lowest BCUT2D eigenvalue weighted by Gasteiger charge is -2.20. The molecule has 0 bridgehead atoms. The lowest BCUT2D eigenvalue weighted by molar-refractivity contribution is 0.556. The van der Waals surface area contributed by atoms with Crippen molar-refractivity contribution < 1.29 is 8.78 Å². The summed E-state index contributed by atoms with van der Waals surface area (Å²) in [5.74, 6) is -0.627. The van der Waals surface area contributed by atoms with Crippen LogP contribution in [0.1, 0.15) is 24.1 Å². The van der Waals surface area contributed by atoms with Crippen molar-refractivity contribution in [3.8, 4) is 0 Å². The van der Waals surface area contributed by atoms with E-state index in [2.05, 4.69) is 37.2 Å². The maximum Gasteiger partial charge on any atom is 0.137 e. The predicted molar refractivity (Wildman–Crippen MR) is 83.7 cm³/mol. The first-order valence-electron chi connectivity index (χ1n) is 6.16. The number of rotatable bonds is 4. The highest BCUT2D eigenvalue weighted by Crippen LogP contribution is 2.29. The molecule has 1 atom stereocenters. The van der Waals surface area contributed by atoms with Crippen molar-refractivity contribution >= 4 is 31.9 Å². The first-order chi connectivity index (χ1) is 9.52. The number of halogens is 4. The Kier molecular flexibility index (Phi) is 5.29. The van der Waals surface area contributed by atoms with E-state index in [4.69, 9.17) is 0 Å². The molecule has 1 nitrogen and oxygen atoms in total. The van der Waals surface area contributed by atoms with Crippen molar-refractivity contribution in [3.63, 3.8) is 0 Å². The van der Waals surface area contributed by atoms with Gasteiger partial charge in [-0.15, -0.1) is 0 Å². The summed E-state index contributed by atoms with van der Waals surface area (Å²) in [5, 5.41) is 3.23. The van der Waals surface area contributed by atoms with Crippen LogP contribution >= 0.6 is 31.9 Å². The van der Waals surface area contributed by atoms with Gasteiger partial charge in [0.15, 0.2) is 0 Å². The van der Waals surface area contributed by atoms with Crippen LogP contribution in [0.15, 0.2) is 45.3 Å². The van der Waals surface area contributed by atoms with Gasteiger partial charge in [-0.3, -0.25) is 0 Å². The van der Waals surface area contributed by atoms with Crippen LogP contribution in [-0.2, 0) is 0 Å². The summed E-state index contributed by atoms with van der Waals surface area (Å²) in [5.41, 5.74) is 1.33. The summed E-state index contributed by atoms with van der Waals surface area (Å²) in [7, 11) is 0. The second-order valence-corrected chi connectivity index (χ2v) is 6.10. The van der Waals surface area contributed by atoms with Crippen LogP contribution < -0.4 is 5.32 Å². The molecule has 0 amide bonds. The Hall–Kier alpha value is -0.780. The topological polar surface area (TPSA) is 12.0 Å². The van der Waals surface area contributed by atoms with Crippen molar-refractivity contribution in [2.24, 2.45) is 0 Å². The molecule has 0 saturated carbocycles. The highest BCUT2D eigenvalue weighted by atomic mass is 79.9. The molecule has 0 heterocycles. The van der Waals surface area contributed by atoms with Crippen LogP contribution in [0.5, 0.6) is 0 Å². The summed E-state index contributed by atoms with van der Waals surface area (Å²) < 4.78 is 28.6. The molecule has 106 valence electrons. The van der Waals surface area contributed by atoms with Crippen LogP contribution in [0.25, 0.3) is 0 Å². The summed E-state index contributed by atoms with van der Waals surface area (Å²) in [4.78, 5) is 0. The largest absolute Gasteiger partial charge is 0.306 e. The quantitative estimate of drug-likeness (QED) is 0.739. The van der Waals surface area contributed by atoms with Crippen LogP contribution in [0.2, 0.25) is 0 Å². The maximum absolute atomic E-state index is 14.1. The molecule has 0 aliphatic carbocycles. The normalized spacial score (nSPS) is 12.4. The van der Waals surface area contributed by atoms with Gasteiger partial charge in [0, 0.05) is 10.0 Å². The molecule has 0 saturated heterocycles. The van der Waals surface area contributed by atoms with Crippen molar-refractivity contribution in [2.45, 2.75) is 13.0 Å². The van der Waals surface area contributed by atoms with Gasteiger partial charge in [-0.2, -0.15) is 0 Å². The molecule has 2 rings (SSSR count). The molecule has 0 spiro atoms. The SMILES string of the molecule is CCNC(c1ccc(F)c(Br)c1)c1cc(Br)ccc1F. The van der Waals surface area contributed by atoms with E-state index in [1.807, 2.05) is 6.92 Å². The predicted octanol–water partition coefficient (Wildman–Crippen LogP) is 5.19. The average Bonchev–Trinajstić information content (AvgIpc) is 2.42. The molecule has 0 aliphatic rings. The Morgan fingerprint density at radius 2 is 1.75 bits per heavy atom. The van der Waals surface area contributed by atoms with Crippen molar-refractivity contribution in [1.29, 1.82) is 0 Å². The Labute approximate surface area is 133 Å². The van der Waals surface area contributed by atoms with Gasteiger partial charge in [-0.25, -0.2) is 8.78 Å². The Morgan fingerprint density at radius 1 is 1.05 bits per heavy atom. The minimum atomic E-state index is -0.335. The van der Waals surface area contributed by atoms with E-state index in [-0.39, 0.29) is 17.7 Å². The number of hydrogen-bond acceptors (Lipinski definition) is 1. The van der Waals surface area contributed by atoms with Gasteiger partial charge >= 0.3 is 0 Å². The van der Waals surface area contributed by atoms with Crippen molar-refractivity contribution in [1.82, 2.24) is 5.32 Å². The van der Waals surface area contributed by atoms with Gasteiger partial charge in [-0.1, -0.05) is 28.9 Å². The van der Waals surface area contributed by atoms with E-state index >= 15 is 0 Å². The van der Waals surface area contributed by atoms with Gasteiger partial charge in [0.25, 0.3) is 0 Å². The lowest BCUT2D eigenvalue weighted by Crippen LogP contribution is -2.23. The van der Waals surface area contributed by atoms with Gasteiger partial charge in [0.1, 0.15) is 11.6 Å². The molecule has 1 N–H and O–H groups in total. The Bertz CT molecular complexity index is 617. The second kappa shape index (κ2) is 6.78. The highest BCUT2D eigenvalue weighted by Gasteiger charge is 2.18. The molecule has 20 heavy (non-hydrogen) atoms. The minimum Gasteiger partial charge on any atom is -0.306 e.